The summed E-state index contributed by atoms with van der Waals surface area (Å²) in [6.45, 7) is 12.5. The second kappa shape index (κ2) is 13.1. The first-order chi connectivity index (χ1) is 20.1. The van der Waals surface area contributed by atoms with Gasteiger partial charge in [-0.1, -0.05) is 31.2 Å². The third-order valence-corrected chi connectivity index (χ3v) is 10.2. The Balaban J connectivity index is 2.13. The lowest BCUT2D eigenvalue weighted by Crippen LogP contribution is -2.56. The van der Waals surface area contributed by atoms with E-state index >= 15 is 4.39 Å². The number of rotatable bonds is 8. The van der Waals surface area contributed by atoms with Crippen molar-refractivity contribution in [3.63, 3.8) is 0 Å². The molecule has 44 heavy (non-hydrogen) atoms. The molecule has 0 radical (unpaired) electrons. The molecule has 1 aliphatic rings. The first-order valence-corrected chi connectivity index (χ1v) is 19.3. The molecule has 1 amide bonds. The van der Waals surface area contributed by atoms with Gasteiger partial charge in [0.15, 0.2) is 17.5 Å². The normalized spacial score (nSPS) is 19.0. The number of aliphatic imine (C=N–C) groups is 1. The van der Waals surface area contributed by atoms with Crippen LogP contribution in [0.5, 0.6) is 0 Å². The minimum absolute atomic E-state index is 0.0311. The van der Waals surface area contributed by atoms with E-state index in [0.717, 1.165) is 45.9 Å². The van der Waals surface area contributed by atoms with Crippen molar-refractivity contribution in [3.8, 4) is 0 Å². The molecule has 2 aromatic rings. The number of hydrogen-bond acceptors (Lipinski definition) is 8. The Kier molecular flexibility index (Phi) is 10.6. The summed E-state index contributed by atoms with van der Waals surface area (Å²) in [7, 11) is -4.58. The van der Waals surface area contributed by atoms with Crippen LogP contribution in [-0.4, -0.2) is 79.5 Å². The number of guanidine groups is 1. The number of nitrogens with zero attached hydrogens (tertiary/aromatic N) is 5. The van der Waals surface area contributed by atoms with E-state index in [9.17, 15) is 22.0 Å². The predicted molar refractivity (Wildman–Crippen MR) is 166 cm³/mol. The van der Waals surface area contributed by atoms with Crippen molar-refractivity contribution in [3.05, 3.63) is 58.1 Å². The Morgan fingerprint density at radius 2 is 1.86 bits per heavy atom. The summed E-state index contributed by atoms with van der Waals surface area (Å²) in [6, 6.07) is 2.60. The molecule has 2 heterocycles. The molecule has 10 nitrogen and oxygen atoms in total. The van der Waals surface area contributed by atoms with Crippen molar-refractivity contribution in [2.75, 3.05) is 26.1 Å². The zero-order chi connectivity index (χ0) is 33.3. The van der Waals surface area contributed by atoms with E-state index in [-0.39, 0.29) is 23.0 Å². The van der Waals surface area contributed by atoms with Gasteiger partial charge in [-0.25, -0.2) is 50.5 Å². The van der Waals surface area contributed by atoms with Crippen molar-refractivity contribution >= 4 is 53.7 Å². The fourth-order valence-electron chi connectivity index (χ4n) is 4.05. The Labute approximate surface area is 262 Å². The molecule has 16 heteroatoms. The maximum absolute atomic E-state index is 15.4. The predicted octanol–water partition coefficient (Wildman–Crippen LogP) is 6.27. The van der Waals surface area contributed by atoms with Crippen LogP contribution >= 0.6 is 11.6 Å². The highest BCUT2D eigenvalue weighted by molar-refractivity contribution is 7.89. The number of halogens is 4. The van der Waals surface area contributed by atoms with E-state index in [1.807, 2.05) is 0 Å². The number of ether oxygens (including phenoxy) is 2. The minimum Gasteiger partial charge on any atom is -0.443 e. The van der Waals surface area contributed by atoms with Gasteiger partial charge in [0.2, 0.25) is 16.0 Å². The van der Waals surface area contributed by atoms with Crippen LogP contribution in [0.1, 0.15) is 44.5 Å². The van der Waals surface area contributed by atoms with Crippen molar-refractivity contribution < 1.29 is 35.9 Å². The summed E-state index contributed by atoms with van der Waals surface area (Å²) in [5, 5.41) is 0.0311. The van der Waals surface area contributed by atoms with Gasteiger partial charge in [-0.2, -0.15) is 0 Å². The molecule has 1 aromatic carbocycles. The zero-order valence-corrected chi connectivity index (χ0v) is 28.5. The Morgan fingerprint density at radius 3 is 2.43 bits per heavy atom. The van der Waals surface area contributed by atoms with E-state index in [1.165, 1.54) is 14.0 Å². The summed E-state index contributed by atoms with van der Waals surface area (Å²) in [5.41, 5.74) is -3.74. The Hall–Kier alpha value is -3.01. The van der Waals surface area contributed by atoms with Crippen LogP contribution < -0.4 is 0 Å². The van der Waals surface area contributed by atoms with E-state index in [0.29, 0.717) is 0 Å². The molecule has 0 fully saturated rings. The molecule has 3 rings (SSSR count). The molecule has 0 saturated heterocycles. The molecule has 1 atom stereocenters. The first kappa shape index (κ1) is 35.5. The Bertz CT molecular complexity index is 1560. The number of sulfonamides is 1. The summed E-state index contributed by atoms with van der Waals surface area (Å²) >= 11 is 5.70. The highest BCUT2D eigenvalue weighted by Gasteiger charge is 2.46. The zero-order valence-electron chi connectivity index (χ0n) is 25.9. The van der Waals surface area contributed by atoms with Crippen molar-refractivity contribution in [2.45, 2.75) is 64.5 Å². The van der Waals surface area contributed by atoms with Crippen LogP contribution in [0.2, 0.25) is 30.8 Å². The fourth-order valence-corrected chi connectivity index (χ4v) is 6.42. The largest absolute Gasteiger partial charge is 0.443 e. The average Bonchev–Trinajstić information content (AvgIpc) is 2.87. The minimum atomic E-state index is -4.26. The van der Waals surface area contributed by atoms with E-state index in [2.05, 4.69) is 34.6 Å². The molecule has 0 aliphatic carbocycles. The third-order valence-electron chi connectivity index (χ3n) is 6.37. The molecule has 0 saturated carbocycles. The number of aromatic nitrogens is 2. The third kappa shape index (κ3) is 9.02. The van der Waals surface area contributed by atoms with Gasteiger partial charge in [0.05, 0.1) is 18.1 Å². The lowest BCUT2D eigenvalue weighted by Gasteiger charge is -2.39. The van der Waals surface area contributed by atoms with Gasteiger partial charge in [-0.05, 0) is 57.5 Å². The molecule has 1 aromatic heterocycles. The van der Waals surface area contributed by atoms with Gasteiger partial charge in [0.25, 0.3) is 0 Å². The second-order valence-electron chi connectivity index (χ2n) is 12.7. The summed E-state index contributed by atoms with van der Waals surface area (Å²) in [6.07, 6.45) is 2.12. The average molecular weight is 676 g/mol. The summed E-state index contributed by atoms with van der Waals surface area (Å²) < 4.78 is 84.2. The van der Waals surface area contributed by atoms with Gasteiger partial charge >= 0.3 is 6.09 Å². The van der Waals surface area contributed by atoms with Gasteiger partial charge < -0.3 is 9.47 Å². The smallest absolute Gasteiger partial charge is 0.419 e. The maximum atomic E-state index is 15.4. The van der Waals surface area contributed by atoms with Gasteiger partial charge in [0, 0.05) is 27.3 Å². The van der Waals surface area contributed by atoms with Crippen LogP contribution in [0.4, 0.5) is 18.0 Å². The molecule has 1 aliphatic heterocycles. The maximum Gasteiger partial charge on any atom is 0.419 e. The molecular formula is C28H37ClF3N5O5SSi. The molecule has 0 N–H and O–H groups in total. The molecule has 242 valence electrons. The van der Waals surface area contributed by atoms with Crippen molar-refractivity contribution in [2.24, 2.45) is 4.99 Å². The number of carbonyl (C=O) groups excluding carboxylic acids is 1. The highest BCUT2D eigenvalue weighted by atomic mass is 35.5. The number of benzene rings is 1. The molecule has 0 bridgehead atoms. The summed E-state index contributed by atoms with van der Waals surface area (Å²) in [5.74, 6) is -4.87. The highest BCUT2D eigenvalue weighted by Crippen LogP contribution is 2.37. The Morgan fingerprint density at radius 1 is 1.20 bits per heavy atom. The van der Waals surface area contributed by atoms with Crippen LogP contribution in [0, 0.1) is 11.6 Å². The lowest BCUT2D eigenvalue weighted by atomic mass is 9.92. The molecular weight excluding hydrogens is 639 g/mol. The van der Waals surface area contributed by atoms with Crippen molar-refractivity contribution in [1.82, 2.24) is 19.2 Å². The van der Waals surface area contributed by atoms with Crippen LogP contribution in [0.15, 0.2) is 29.5 Å². The second-order valence-corrected chi connectivity index (χ2v) is 20.8. The summed E-state index contributed by atoms with van der Waals surface area (Å²) in [4.78, 5) is 26.3. The van der Waals surface area contributed by atoms with Crippen molar-refractivity contribution in [1.29, 1.82) is 0 Å². The monoisotopic (exact) mass is 675 g/mol. The van der Waals surface area contributed by atoms with Crippen LogP contribution in [0.3, 0.4) is 0 Å². The topological polar surface area (TPSA) is 114 Å². The van der Waals surface area contributed by atoms with Gasteiger partial charge in [-0.15, -0.1) is 0 Å². The standard InChI is InChI=1S/C28H37ClF3N5O5SSi/c1-27(2,3)42-26(38)37(17-41-9-10-44(6,7)8)25-35-28(4,16-43(39,40)36(25)5)19-11-18(13-21(31)24(19)32)12-20(30)22-14-34-23(29)15-33-22/h11-15H,9-10,16-17H2,1-8H3/b20-12-/t28-/m0/s1. The van der Waals surface area contributed by atoms with Gasteiger partial charge in [-0.3, -0.25) is 0 Å². The van der Waals surface area contributed by atoms with Crippen LogP contribution in [-0.2, 0) is 25.0 Å². The van der Waals surface area contributed by atoms with Crippen LogP contribution in [0.25, 0.3) is 11.9 Å². The van der Waals surface area contributed by atoms with Gasteiger partial charge in [0.1, 0.15) is 28.7 Å². The fraction of sp³-hybridized carbons (Fsp3) is 0.500. The lowest BCUT2D eigenvalue weighted by molar-refractivity contribution is 0.00805. The van der Waals surface area contributed by atoms with E-state index in [1.54, 1.807) is 20.8 Å². The quantitative estimate of drug-likeness (QED) is 0.184. The number of amides is 1. The number of carbonyl (C=O) groups is 1. The van der Waals surface area contributed by atoms with E-state index in [4.69, 9.17) is 21.1 Å². The van der Waals surface area contributed by atoms with E-state index < -0.39 is 76.8 Å². The SMILES string of the molecule is CN1C(N(COCC[Si](C)(C)C)C(=O)OC(C)(C)C)=N[C@](C)(c2cc(/C=C(\F)c3cnc(Cl)cn3)cc(F)c2F)CS1(=O)=O. The molecule has 0 unspecified atom stereocenters. The molecule has 0 spiro atoms. The number of hydrogen-bond donors (Lipinski definition) is 0. The first-order valence-electron chi connectivity index (χ1n) is 13.6.